The molecule has 1 unspecified atom stereocenters. The zero-order chi connectivity index (χ0) is 19.3. The number of amides is 3. The number of fused-ring (bicyclic) bond motifs is 2. The summed E-state index contributed by atoms with van der Waals surface area (Å²) in [6.07, 6.45) is 0.640. The summed E-state index contributed by atoms with van der Waals surface area (Å²) in [5.41, 5.74) is 3.73. The molecule has 1 aromatic carbocycles. The van der Waals surface area contributed by atoms with Gasteiger partial charge in [0.25, 0.3) is 5.91 Å². The molecule has 3 N–H and O–H groups in total. The van der Waals surface area contributed by atoms with Crippen LogP contribution in [-0.2, 0) is 35.8 Å². The minimum Gasteiger partial charge on any atom is -0.357 e. The minimum atomic E-state index is -0.578. The highest BCUT2D eigenvalue weighted by Gasteiger charge is 2.39. The standard InChI is InChI=1S/C19H19N5O3S/c25-16-4-3-14(17(26)23-16)24-9-11-5-10(1-2-12(11)18(24)27)6-21-19-22-13-7-20-8-15(13)28-19/h1-2,5,14,20H,3-4,6-9H2,(H,21,22)(H,23,25,26). The predicted octanol–water partition coefficient (Wildman–Crippen LogP) is 1.12. The number of piperidine rings is 1. The number of rotatable bonds is 4. The first-order chi connectivity index (χ1) is 13.6. The zero-order valence-corrected chi connectivity index (χ0v) is 15.9. The number of carbonyl (C=O) groups excluding carboxylic acids is 3. The number of carbonyl (C=O) groups is 3. The van der Waals surface area contributed by atoms with Crippen molar-refractivity contribution in [2.24, 2.45) is 0 Å². The fraction of sp³-hybridized carbons (Fsp3) is 0.368. The van der Waals surface area contributed by atoms with Crippen LogP contribution < -0.4 is 16.0 Å². The number of aromatic nitrogens is 1. The SMILES string of the molecule is O=C1CCC(N2Cc3cc(CNc4nc5c(s4)CNC5)ccc3C2=O)C(=O)N1. The Bertz CT molecular complexity index is 980. The highest BCUT2D eigenvalue weighted by atomic mass is 32.1. The Hall–Kier alpha value is -2.78. The molecule has 1 aromatic heterocycles. The minimum absolute atomic E-state index is 0.146. The van der Waals surface area contributed by atoms with Gasteiger partial charge in [-0.05, 0) is 23.6 Å². The van der Waals surface area contributed by atoms with E-state index in [9.17, 15) is 14.4 Å². The number of hydrogen-bond donors (Lipinski definition) is 3. The summed E-state index contributed by atoms with van der Waals surface area (Å²) in [6.45, 7) is 2.72. The number of nitrogens with zero attached hydrogens (tertiary/aromatic N) is 2. The molecule has 9 heteroatoms. The smallest absolute Gasteiger partial charge is 0.255 e. The fourth-order valence-corrected chi connectivity index (χ4v) is 4.89. The van der Waals surface area contributed by atoms with E-state index in [2.05, 4.69) is 20.9 Å². The van der Waals surface area contributed by atoms with Crippen molar-refractivity contribution in [1.29, 1.82) is 0 Å². The average molecular weight is 397 g/mol. The Morgan fingerprint density at radius 1 is 1.25 bits per heavy atom. The van der Waals surface area contributed by atoms with Crippen molar-refractivity contribution in [2.45, 2.75) is 45.1 Å². The second kappa shape index (κ2) is 6.68. The molecule has 0 spiro atoms. The topological polar surface area (TPSA) is 103 Å². The van der Waals surface area contributed by atoms with Gasteiger partial charge in [-0.1, -0.05) is 12.1 Å². The van der Waals surface area contributed by atoms with Crippen LogP contribution in [0.4, 0.5) is 5.13 Å². The van der Waals surface area contributed by atoms with E-state index < -0.39 is 6.04 Å². The van der Waals surface area contributed by atoms with Gasteiger partial charge in [-0.3, -0.25) is 19.7 Å². The Kier molecular flexibility index (Phi) is 4.13. The molecule has 1 fully saturated rings. The lowest BCUT2D eigenvalue weighted by Crippen LogP contribution is -2.52. The third-order valence-electron chi connectivity index (χ3n) is 5.39. The van der Waals surface area contributed by atoms with Gasteiger partial charge in [-0.2, -0.15) is 0 Å². The Morgan fingerprint density at radius 3 is 2.96 bits per heavy atom. The van der Waals surface area contributed by atoms with Crippen LogP contribution in [0.5, 0.6) is 0 Å². The number of anilines is 1. The summed E-state index contributed by atoms with van der Waals surface area (Å²) in [7, 11) is 0. The van der Waals surface area contributed by atoms with Crippen molar-refractivity contribution in [3.63, 3.8) is 0 Å². The highest BCUT2D eigenvalue weighted by molar-refractivity contribution is 7.15. The number of imide groups is 1. The van der Waals surface area contributed by atoms with Gasteiger partial charge < -0.3 is 15.5 Å². The van der Waals surface area contributed by atoms with Crippen molar-refractivity contribution in [1.82, 2.24) is 20.5 Å². The van der Waals surface area contributed by atoms with E-state index in [1.165, 1.54) is 4.88 Å². The Morgan fingerprint density at radius 2 is 2.14 bits per heavy atom. The molecular formula is C19H19N5O3S. The second-order valence-corrected chi connectivity index (χ2v) is 8.32. The third kappa shape index (κ3) is 2.96. The van der Waals surface area contributed by atoms with E-state index in [0.29, 0.717) is 25.1 Å². The van der Waals surface area contributed by atoms with Crippen LogP contribution >= 0.6 is 11.3 Å². The molecule has 1 saturated heterocycles. The fourth-order valence-electron chi connectivity index (χ4n) is 3.95. The molecule has 3 aliphatic heterocycles. The van der Waals surface area contributed by atoms with Gasteiger partial charge >= 0.3 is 0 Å². The van der Waals surface area contributed by atoms with E-state index in [4.69, 9.17) is 0 Å². The summed E-state index contributed by atoms with van der Waals surface area (Å²) >= 11 is 1.67. The molecule has 0 aliphatic carbocycles. The summed E-state index contributed by atoms with van der Waals surface area (Å²) in [4.78, 5) is 43.7. The van der Waals surface area contributed by atoms with Crippen LogP contribution in [0.15, 0.2) is 18.2 Å². The molecule has 5 rings (SSSR count). The highest BCUT2D eigenvalue weighted by Crippen LogP contribution is 2.29. The van der Waals surface area contributed by atoms with Gasteiger partial charge in [0.15, 0.2) is 5.13 Å². The van der Waals surface area contributed by atoms with Crippen LogP contribution in [0.2, 0.25) is 0 Å². The van der Waals surface area contributed by atoms with Crippen molar-refractivity contribution < 1.29 is 14.4 Å². The summed E-state index contributed by atoms with van der Waals surface area (Å²) < 4.78 is 0. The van der Waals surface area contributed by atoms with Gasteiger partial charge in [0.05, 0.1) is 5.69 Å². The lowest BCUT2D eigenvalue weighted by atomic mass is 10.0. The third-order valence-corrected chi connectivity index (χ3v) is 6.44. The molecule has 3 amide bonds. The molecule has 144 valence electrons. The van der Waals surface area contributed by atoms with Crippen LogP contribution in [-0.4, -0.2) is 33.6 Å². The van der Waals surface area contributed by atoms with Crippen molar-refractivity contribution >= 4 is 34.2 Å². The van der Waals surface area contributed by atoms with E-state index in [-0.39, 0.29) is 24.1 Å². The molecule has 0 saturated carbocycles. The quantitative estimate of drug-likeness (QED) is 0.668. The van der Waals surface area contributed by atoms with Crippen LogP contribution in [0.3, 0.4) is 0 Å². The summed E-state index contributed by atoms with van der Waals surface area (Å²) in [6, 6.07) is 5.19. The Labute approximate surface area is 165 Å². The van der Waals surface area contributed by atoms with Crippen LogP contribution in [0, 0.1) is 0 Å². The maximum Gasteiger partial charge on any atom is 0.255 e. The van der Waals surface area contributed by atoms with E-state index in [1.807, 2.05) is 18.2 Å². The number of nitrogens with one attached hydrogen (secondary N) is 3. The summed E-state index contributed by atoms with van der Waals surface area (Å²) in [5.74, 6) is -0.804. The molecule has 1 atom stereocenters. The number of thiazole rings is 1. The van der Waals surface area contributed by atoms with Crippen molar-refractivity contribution in [2.75, 3.05) is 5.32 Å². The maximum atomic E-state index is 12.7. The molecule has 0 bridgehead atoms. The first-order valence-electron chi connectivity index (χ1n) is 9.28. The summed E-state index contributed by atoms with van der Waals surface area (Å²) in [5, 5.41) is 9.87. The van der Waals surface area contributed by atoms with Crippen molar-refractivity contribution in [3.8, 4) is 0 Å². The molecule has 8 nitrogen and oxygen atoms in total. The molecular weight excluding hydrogens is 378 g/mol. The van der Waals surface area contributed by atoms with Gasteiger partial charge in [0, 0.05) is 43.0 Å². The normalized spacial score (nSPS) is 20.9. The van der Waals surface area contributed by atoms with Gasteiger partial charge in [-0.25, -0.2) is 4.98 Å². The van der Waals surface area contributed by atoms with E-state index in [1.54, 1.807) is 16.2 Å². The second-order valence-electron chi connectivity index (χ2n) is 7.24. The van der Waals surface area contributed by atoms with Gasteiger partial charge in [0.1, 0.15) is 6.04 Å². The first kappa shape index (κ1) is 17.3. The van der Waals surface area contributed by atoms with Gasteiger partial charge in [-0.15, -0.1) is 11.3 Å². The molecule has 2 aromatic rings. The van der Waals surface area contributed by atoms with E-state index >= 15 is 0 Å². The van der Waals surface area contributed by atoms with Crippen LogP contribution in [0.1, 0.15) is 44.9 Å². The lowest BCUT2D eigenvalue weighted by molar-refractivity contribution is -0.136. The largest absolute Gasteiger partial charge is 0.357 e. The monoisotopic (exact) mass is 397 g/mol. The van der Waals surface area contributed by atoms with E-state index in [0.717, 1.165) is 35.0 Å². The van der Waals surface area contributed by atoms with Gasteiger partial charge in [0.2, 0.25) is 11.8 Å². The molecule has 28 heavy (non-hydrogen) atoms. The zero-order valence-electron chi connectivity index (χ0n) is 15.1. The first-order valence-corrected chi connectivity index (χ1v) is 10.1. The number of hydrogen-bond acceptors (Lipinski definition) is 7. The Balaban J connectivity index is 1.28. The average Bonchev–Trinajstić information content (AvgIpc) is 3.34. The number of benzene rings is 1. The molecule has 4 heterocycles. The molecule has 3 aliphatic rings. The van der Waals surface area contributed by atoms with Crippen molar-refractivity contribution in [3.05, 3.63) is 45.5 Å². The molecule has 0 radical (unpaired) electrons. The van der Waals surface area contributed by atoms with Crippen LogP contribution in [0.25, 0.3) is 0 Å². The maximum absolute atomic E-state index is 12.7. The lowest BCUT2D eigenvalue weighted by Gasteiger charge is -2.29. The predicted molar refractivity (Wildman–Crippen MR) is 102 cm³/mol.